The van der Waals surface area contributed by atoms with Gasteiger partial charge in [-0.3, -0.25) is 0 Å². The van der Waals surface area contributed by atoms with Crippen LogP contribution in [-0.4, -0.2) is 5.11 Å². The minimum atomic E-state index is -0.432. The SMILES string of the molecule is Cc1cc2cc(-c3cccc(C)c3C)oc(=O)c2cc1O. The van der Waals surface area contributed by atoms with Gasteiger partial charge in [-0.1, -0.05) is 18.2 Å². The smallest absolute Gasteiger partial charge is 0.344 e. The maximum atomic E-state index is 12.2. The fourth-order valence-electron chi connectivity index (χ4n) is 2.49. The second-order valence-corrected chi connectivity index (χ2v) is 5.37. The Labute approximate surface area is 122 Å². The molecule has 0 fully saturated rings. The van der Waals surface area contributed by atoms with E-state index in [2.05, 4.69) is 0 Å². The van der Waals surface area contributed by atoms with Gasteiger partial charge in [-0.25, -0.2) is 4.79 Å². The van der Waals surface area contributed by atoms with E-state index in [9.17, 15) is 9.90 Å². The van der Waals surface area contributed by atoms with Crippen LogP contribution >= 0.6 is 0 Å². The summed E-state index contributed by atoms with van der Waals surface area (Å²) in [5.41, 5.74) is 3.46. The molecule has 1 N–H and O–H groups in total. The molecule has 1 heterocycles. The Balaban J connectivity index is 2.33. The molecule has 0 aliphatic rings. The molecule has 0 radical (unpaired) electrons. The molecule has 3 rings (SSSR count). The van der Waals surface area contributed by atoms with Crippen molar-refractivity contribution < 1.29 is 9.52 Å². The summed E-state index contributed by atoms with van der Waals surface area (Å²) in [7, 11) is 0. The van der Waals surface area contributed by atoms with Crippen molar-refractivity contribution in [2.45, 2.75) is 20.8 Å². The maximum Gasteiger partial charge on any atom is 0.344 e. The summed E-state index contributed by atoms with van der Waals surface area (Å²) < 4.78 is 5.44. The van der Waals surface area contributed by atoms with Gasteiger partial charge < -0.3 is 9.52 Å². The molecule has 3 nitrogen and oxygen atoms in total. The Bertz CT molecular complexity index is 904. The quantitative estimate of drug-likeness (QED) is 0.730. The van der Waals surface area contributed by atoms with E-state index in [1.807, 2.05) is 38.1 Å². The number of aryl methyl sites for hydroxylation is 2. The van der Waals surface area contributed by atoms with Gasteiger partial charge >= 0.3 is 5.63 Å². The lowest BCUT2D eigenvalue weighted by Crippen LogP contribution is -2.01. The zero-order valence-corrected chi connectivity index (χ0v) is 12.2. The van der Waals surface area contributed by atoms with Crippen LogP contribution in [0.2, 0.25) is 0 Å². The molecular formula is C18H16O3. The van der Waals surface area contributed by atoms with Crippen LogP contribution < -0.4 is 5.63 Å². The molecule has 0 atom stereocenters. The lowest BCUT2D eigenvalue weighted by Gasteiger charge is -2.09. The summed E-state index contributed by atoms with van der Waals surface area (Å²) in [6.45, 7) is 5.85. The summed E-state index contributed by atoms with van der Waals surface area (Å²) >= 11 is 0. The van der Waals surface area contributed by atoms with E-state index in [1.54, 1.807) is 13.0 Å². The third kappa shape index (κ3) is 2.21. The second-order valence-electron chi connectivity index (χ2n) is 5.37. The van der Waals surface area contributed by atoms with Crippen molar-refractivity contribution in [1.29, 1.82) is 0 Å². The number of rotatable bonds is 1. The van der Waals surface area contributed by atoms with Crippen LogP contribution in [0.3, 0.4) is 0 Å². The van der Waals surface area contributed by atoms with Crippen LogP contribution in [0.1, 0.15) is 16.7 Å². The lowest BCUT2D eigenvalue weighted by molar-refractivity contribution is 0.471. The summed E-state index contributed by atoms with van der Waals surface area (Å²) in [5.74, 6) is 0.660. The predicted octanol–water partition coefficient (Wildman–Crippen LogP) is 4.09. The topological polar surface area (TPSA) is 50.4 Å². The van der Waals surface area contributed by atoms with Crippen LogP contribution in [0, 0.1) is 20.8 Å². The molecule has 0 saturated carbocycles. The lowest BCUT2D eigenvalue weighted by atomic mass is 10.00. The van der Waals surface area contributed by atoms with Crippen molar-refractivity contribution in [1.82, 2.24) is 0 Å². The van der Waals surface area contributed by atoms with E-state index in [0.29, 0.717) is 11.1 Å². The van der Waals surface area contributed by atoms with Gasteiger partial charge in [0.2, 0.25) is 0 Å². The first-order valence-electron chi connectivity index (χ1n) is 6.81. The summed E-state index contributed by atoms with van der Waals surface area (Å²) in [5, 5.41) is 10.9. The average Bonchev–Trinajstić information content (AvgIpc) is 2.44. The van der Waals surface area contributed by atoms with Gasteiger partial charge in [-0.2, -0.15) is 0 Å². The number of phenolic OH excluding ortho intramolecular Hbond substituents is 1. The van der Waals surface area contributed by atoms with Gasteiger partial charge in [0, 0.05) is 5.56 Å². The fraction of sp³-hybridized carbons (Fsp3) is 0.167. The van der Waals surface area contributed by atoms with Crippen LogP contribution in [0.4, 0.5) is 0 Å². The predicted molar refractivity (Wildman–Crippen MR) is 83.8 cm³/mol. The van der Waals surface area contributed by atoms with Gasteiger partial charge in [0.05, 0.1) is 5.39 Å². The number of benzene rings is 2. The van der Waals surface area contributed by atoms with E-state index < -0.39 is 5.63 Å². The van der Waals surface area contributed by atoms with Crippen LogP contribution in [0.25, 0.3) is 22.1 Å². The van der Waals surface area contributed by atoms with Crippen LogP contribution in [0.15, 0.2) is 45.6 Å². The normalized spacial score (nSPS) is 11.0. The summed E-state index contributed by atoms with van der Waals surface area (Å²) in [6.07, 6.45) is 0. The number of hydrogen-bond donors (Lipinski definition) is 1. The molecule has 3 aromatic rings. The molecular weight excluding hydrogens is 264 g/mol. The van der Waals surface area contributed by atoms with Crippen LogP contribution in [0.5, 0.6) is 5.75 Å². The first-order chi connectivity index (χ1) is 9.97. The molecule has 0 spiro atoms. The molecule has 0 bridgehead atoms. The van der Waals surface area contributed by atoms with Gasteiger partial charge in [-0.05, 0) is 61.0 Å². The van der Waals surface area contributed by atoms with Crippen molar-refractivity contribution in [3.8, 4) is 17.1 Å². The molecule has 1 aromatic heterocycles. The summed E-state index contributed by atoms with van der Waals surface area (Å²) in [4.78, 5) is 12.2. The zero-order valence-electron chi connectivity index (χ0n) is 12.2. The highest BCUT2D eigenvalue weighted by Crippen LogP contribution is 2.29. The van der Waals surface area contributed by atoms with Crippen molar-refractivity contribution in [3.05, 3.63) is 63.5 Å². The first kappa shape index (κ1) is 13.4. The Hall–Kier alpha value is -2.55. The van der Waals surface area contributed by atoms with E-state index >= 15 is 0 Å². The van der Waals surface area contributed by atoms with Gasteiger partial charge in [0.15, 0.2) is 0 Å². The van der Waals surface area contributed by atoms with Crippen LogP contribution in [-0.2, 0) is 0 Å². The van der Waals surface area contributed by atoms with Gasteiger partial charge in [-0.15, -0.1) is 0 Å². The van der Waals surface area contributed by atoms with E-state index in [1.165, 1.54) is 6.07 Å². The standard InChI is InChI=1S/C18H16O3/c1-10-5-4-6-14(12(10)3)17-8-13-7-11(2)16(19)9-15(13)18(20)21-17/h4-9,19H,1-3H3. The van der Waals surface area contributed by atoms with Gasteiger partial charge in [0.1, 0.15) is 11.5 Å². The number of aromatic hydroxyl groups is 1. The molecule has 3 heteroatoms. The molecule has 0 saturated heterocycles. The minimum Gasteiger partial charge on any atom is -0.508 e. The Kier molecular flexibility index (Phi) is 3.05. The van der Waals surface area contributed by atoms with Crippen molar-refractivity contribution in [3.63, 3.8) is 0 Å². The highest BCUT2D eigenvalue weighted by Gasteiger charge is 2.11. The summed E-state index contributed by atoms with van der Waals surface area (Å²) in [6, 6.07) is 11.0. The van der Waals surface area contributed by atoms with E-state index in [-0.39, 0.29) is 5.75 Å². The Morgan fingerprint density at radius 3 is 2.52 bits per heavy atom. The second kappa shape index (κ2) is 4.77. The Morgan fingerprint density at radius 2 is 1.76 bits per heavy atom. The molecule has 0 aliphatic carbocycles. The number of fused-ring (bicyclic) bond motifs is 1. The van der Waals surface area contributed by atoms with Crippen molar-refractivity contribution in [2.24, 2.45) is 0 Å². The number of hydrogen-bond acceptors (Lipinski definition) is 3. The fourth-order valence-corrected chi connectivity index (χ4v) is 2.49. The monoisotopic (exact) mass is 280 g/mol. The molecule has 2 aromatic carbocycles. The van der Waals surface area contributed by atoms with E-state index in [4.69, 9.17) is 4.42 Å². The van der Waals surface area contributed by atoms with Crippen molar-refractivity contribution in [2.75, 3.05) is 0 Å². The Morgan fingerprint density at radius 1 is 1.00 bits per heavy atom. The highest BCUT2D eigenvalue weighted by atomic mass is 16.4. The molecule has 0 aliphatic heterocycles. The van der Waals surface area contributed by atoms with E-state index in [0.717, 1.165) is 27.6 Å². The first-order valence-corrected chi connectivity index (χ1v) is 6.81. The third-order valence-electron chi connectivity index (χ3n) is 3.95. The highest BCUT2D eigenvalue weighted by molar-refractivity contribution is 5.86. The third-order valence-corrected chi connectivity index (χ3v) is 3.95. The number of phenols is 1. The molecule has 106 valence electrons. The average molecular weight is 280 g/mol. The minimum absolute atomic E-state index is 0.106. The zero-order chi connectivity index (χ0) is 15.1. The maximum absolute atomic E-state index is 12.2. The molecule has 0 amide bonds. The molecule has 21 heavy (non-hydrogen) atoms. The van der Waals surface area contributed by atoms with Gasteiger partial charge in [0.25, 0.3) is 0 Å². The largest absolute Gasteiger partial charge is 0.508 e. The van der Waals surface area contributed by atoms with Crippen molar-refractivity contribution >= 4 is 10.8 Å². The molecule has 0 unspecified atom stereocenters.